The minimum atomic E-state index is 0.284. The maximum absolute atomic E-state index is 6.00. The van der Waals surface area contributed by atoms with E-state index in [1.165, 1.54) is 5.56 Å². The molecule has 0 saturated carbocycles. The molecule has 1 fully saturated rings. The molecule has 0 spiro atoms. The van der Waals surface area contributed by atoms with Gasteiger partial charge in [-0.25, -0.2) is 0 Å². The number of hydrogen-bond acceptors (Lipinski definition) is 8. The SMILES string of the molecule is CNC(CN1CCC(OCCOCCOCCOC)C1)c1ccc(NCCOC)cc1. The lowest BCUT2D eigenvalue weighted by Crippen LogP contribution is -2.33. The van der Waals surface area contributed by atoms with Crippen LogP contribution >= 0.6 is 0 Å². The van der Waals surface area contributed by atoms with Crippen molar-refractivity contribution >= 4 is 5.69 Å². The fourth-order valence-electron chi connectivity index (χ4n) is 3.59. The number of nitrogens with zero attached hydrogens (tertiary/aromatic N) is 1. The van der Waals surface area contributed by atoms with E-state index in [2.05, 4.69) is 39.8 Å². The first-order valence-corrected chi connectivity index (χ1v) is 11.2. The highest BCUT2D eigenvalue weighted by Gasteiger charge is 2.25. The molecule has 0 bridgehead atoms. The molecule has 31 heavy (non-hydrogen) atoms. The van der Waals surface area contributed by atoms with Crippen molar-refractivity contribution in [1.29, 1.82) is 0 Å². The van der Waals surface area contributed by atoms with Gasteiger partial charge < -0.3 is 34.3 Å². The Morgan fingerprint density at radius 3 is 2.29 bits per heavy atom. The lowest BCUT2D eigenvalue weighted by Gasteiger charge is -2.24. The van der Waals surface area contributed by atoms with Crippen LogP contribution in [0, 0.1) is 0 Å². The lowest BCUT2D eigenvalue weighted by molar-refractivity contribution is -0.0137. The fraction of sp³-hybridized carbons (Fsp3) is 0.739. The van der Waals surface area contributed by atoms with Crippen LogP contribution < -0.4 is 10.6 Å². The van der Waals surface area contributed by atoms with Crippen LogP contribution in [0.3, 0.4) is 0 Å². The van der Waals surface area contributed by atoms with Crippen molar-refractivity contribution in [1.82, 2.24) is 10.2 Å². The molecule has 2 N–H and O–H groups in total. The fourth-order valence-corrected chi connectivity index (χ4v) is 3.59. The topological polar surface area (TPSA) is 73.5 Å². The summed E-state index contributed by atoms with van der Waals surface area (Å²) in [6.07, 6.45) is 1.35. The Bertz CT molecular complexity index is 561. The monoisotopic (exact) mass is 439 g/mol. The third kappa shape index (κ3) is 10.7. The average Bonchev–Trinajstić information content (AvgIpc) is 3.24. The summed E-state index contributed by atoms with van der Waals surface area (Å²) in [5.74, 6) is 0. The van der Waals surface area contributed by atoms with Crippen molar-refractivity contribution in [2.75, 3.05) is 99.0 Å². The number of likely N-dealkylation sites (tertiary alicyclic amines) is 1. The Morgan fingerprint density at radius 2 is 1.61 bits per heavy atom. The Balaban J connectivity index is 1.60. The lowest BCUT2D eigenvalue weighted by atomic mass is 10.1. The second kappa shape index (κ2) is 16.4. The number of benzene rings is 1. The van der Waals surface area contributed by atoms with Crippen LogP contribution in [0.25, 0.3) is 0 Å². The number of methoxy groups -OCH3 is 2. The minimum absolute atomic E-state index is 0.284. The van der Waals surface area contributed by atoms with Crippen LogP contribution in [0.15, 0.2) is 24.3 Å². The number of ether oxygens (including phenoxy) is 5. The van der Waals surface area contributed by atoms with Gasteiger partial charge in [0, 0.05) is 52.1 Å². The molecule has 2 unspecified atom stereocenters. The van der Waals surface area contributed by atoms with E-state index < -0.39 is 0 Å². The van der Waals surface area contributed by atoms with Crippen molar-refractivity contribution in [2.45, 2.75) is 18.6 Å². The van der Waals surface area contributed by atoms with E-state index >= 15 is 0 Å². The molecule has 8 nitrogen and oxygen atoms in total. The zero-order chi connectivity index (χ0) is 22.2. The summed E-state index contributed by atoms with van der Waals surface area (Å²) in [4.78, 5) is 2.47. The van der Waals surface area contributed by atoms with E-state index in [0.717, 1.165) is 38.3 Å². The minimum Gasteiger partial charge on any atom is -0.383 e. The first-order chi connectivity index (χ1) is 15.3. The van der Waals surface area contributed by atoms with Gasteiger partial charge >= 0.3 is 0 Å². The van der Waals surface area contributed by atoms with Crippen LogP contribution in [0.2, 0.25) is 0 Å². The molecule has 1 saturated heterocycles. The largest absolute Gasteiger partial charge is 0.383 e. The number of nitrogens with one attached hydrogen (secondary N) is 2. The van der Waals surface area contributed by atoms with Gasteiger partial charge in [0.15, 0.2) is 0 Å². The molecule has 0 aromatic heterocycles. The van der Waals surface area contributed by atoms with Crippen molar-refractivity contribution in [3.8, 4) is 0 Å². The van der Waals surface area contributed by atoms with Gasteiger partial charge in [-0.2, -0.15) is 0 Å². The number of hydrogen-bond donors (Lipinski definition) is 2. The summed E-state index contributed by atoms with van der Waals surface area (Å²) in [7, 11) is 5.41. The van der Waals surface area contributed by atoms with Crippen LogP contribution in [0.1, 0.15) is 18.0 Å². The van der Waals surface area contributed by atoms with Crippen LogP contribution in [0.5, 0.6) is 0 Å². The molecule has 1 aliphatic rings. The molecule has 1 aromatic carbocycles. The first-order valence-electron chi connectivity index (χ1n) is 11.2. The normalized spacial score (nSPS) is 17.8. The third-order valence-electron chi connectivity index (χ3n) is 5.35. The van der Waals surface area contributed by atoms with Gasteiger partial charge in [0.1, 0.15) is 0 Å². The highest BCUT2D eigenvalue weighted by Crippen LogP contribution is 2.20. The molecule has 0 aliphatic carbocycles. The van der Waals surface area contributed by atoms with E-state index in [1.807, 2.05) is 7.05 Å². The second-order valence-corrected chi connectivity index (χ2v) is 7.64. The smallest absolute Gasteiger partial charge is 0.0715 e. The molecule has 0 radical (unpaired) electrons. The van der Waals surface area contributed by atoms with Gasteiger partial charge in [-0.1, -0.05) is 12.1 Å². The second-order valence-electron chi connectivity index (χ2n) is 7.64. The van der Waals surface area contributed by atoms with Gasteiger partial charge in [-0.05, 0) is 31.2 Å². The zero-order valence-electron chi connectivity index (χ0n) is 19.4. The molecule has 1 aliphatic heterocycles. The number of anilines is 1. The summed E-state index contributed by atoms with van der Waals surface area (Å²) >= 11 is 0. The van der Waals surface area contributed by atoms with Crippen molar-refractivity contribution < 1.29 is 23.7 Å². The van der Waals surface area contributed by atoms with E-state index in [4.69, 9.17) is 23.7 Å². The zero-order valence-corrected chi connectivity index (χ0v) is 19.4. The van der Waals surface area contributed by atoms with Crippen LogP contribution in [0.4, 0.5) is 5.69 Å². The quantitative estimate of drug-likeness (QED) is 0.336. The predicted octanol–water partition coefficient (Wildman–Crippen LogP) is 1.78. The first kappa shape index (κ1) is 26.0. The van der Waals surface area contributed by atoms with Crippen LogP contribution in [-0.4, -0.2) is 105 Å². The van der Waals surface area contributed by atoms with Crippen LogP contribution in [-0.2, 0) is 23.7 Å². The highest BCUT2D eigenvalue weighted by atomic mass is 16.6. The average molecular weight is 440 g/mol. The molecule has 2 rings (SSSR count). The maximum Gasteiger partial charge on any atom is 0.0715 e. The van der Waals surface area contributed by atoms with Gasteiger partial charge in [-0.15, -0.1) is 0 Å². The van der Waals surface area contributed by atoms with E-state index in [-0.39, 0.29) is 6.10 Å². The molecule has 2 atom stereocenters. The number of rotatable bonds is 18. The summed E-state index contributed by atoms with van der Waals surface area (Å²) in [6.45, 7) is 8.17. The van der Waals surface area contributed by atoms with Gasteiger partial charge in [0.2, 0.25) is 0 Å². The molecular weight excluding hydrogens is 398 g/mol. The molecule has 178 valence electrons. The maximum atomic E-state index is 6.00. The Labute approximate surface area is 187 Å². The Hall–Kier alpha value is -1.26. The Morgan fingerprint density at radius 1 is 0.935 bits per heavy atom. The number of likely N-dealkylation sites (N-methyl/N-ethyl adjacent to an activating group) is 1. The molecule has 1 heterocycles. The van der Waals surface area contributed by atoms with Gasteiger partial charge in [-0.3, -0.25) is 4.90 Å². The van der Waals surface area contributed by atoms with Gasteiger partial charge in [0.05, 0.1) is 52.4 Å². The molecular formula is C23H41N3O5. The highest BCUT2D eigenvalue weighted by molar-refractivity contribution is 5.45. The summed E-state index contributed by atoms with van der Waals surface area (Å²) in [6, 6.07) is 8.95. The molecule has 1 aromatic rings. The summed E-state index contributed by atoms with van der Waals surface area (Å²) < 4.78 is 26.9. The summed E-state index contributed by atoms with van der Waals surface area (Å²) in [5.41, 5.74) is 2.42. The van der Waals surface area contributed by atoms with Crippen molar-refractivity contribution in [2.24, 2.45) is 0 Å². The third-order valence-corrected chi connectivity index (χ3v) is 5.35. The van der Waals surface area contributed by atoms with E-state index in [0.29, 0.717) is 52.3 Å². The van der Waals surface area contributed by atoms with Crippen molar-refractivity contribution in [3.63, 3.8) is 0 Å². The predicted molar refractivity (Wildman–Crippen MR) is 123 cm³/mol. The van der Waals surface area contributed by atoms with Gasteiger partial charge in [0.25, 0.3) is 0 Å². The van der Waals surface area contributed by atoms with Crippen molar-refractivity contribution in [3.05, 3.63) is 29.8 Å². The molecule has 0 amide bonds. The molecule has 8 heteroatoms. The van der Waals surface area contributed by atoms with E-state index in [1.54, 1.807) is 14.2 Å². The van der Waals surface area contributed by atoms with E-state index in [9.17, 15) is 0 Å². The standard InChI is InChI=1S/C23H41N3O5/c1-24-23(20-4-6-21(7-5-20)25-9-11-27-2)19-26-10-8-22(18-26)31-17-16-30-15-14-29-13-12-28-3/h4-7,22-25H,8-19H2,1-3H3. The Kier molecular flexibility index (Phi) is 13.7. The summed E-state index contributed by atoms with van der Waals surface area (Å²) in [5, 5.41) is 6.81.